The SMILES string of the molecule is CCSC1(C(=O)O)c2ccccc2CCc2ccccc21. The minimum Gasteiger partial charge on any atom is -0.480 e. The van der Waals surface area contributed by atoms with E-state index >= 15 is 0 Å². The van der Waals surface area contributed by atoms with E-state index in [1.807, 2.05) is 43.3 Å². The molecule has 0 aliphatic heterocycles. The van der Waals surface area contributed by atoms with Gasteiger partial charge in [0.2, 0.25) is 0 Å². The van der Waals surface area contributed by atoms with Gasteiger partial charge in [-0.25, -0.2) is 4.79 Å². The Hall–Kier alpha value is -1.74. The lowest BCUT2D eigenvalue weighted by molar-refractivity contribution is -0.138. The fourth-order valence-corrected chi connectivity index (χ4v) is 4.51. The Morgan fingerprint density at radius 3 is 1.95 bits per heavy atom. The number of aliphatic carboxylic acids is 1. The average Bonchev–Trinajstić information content (AvgIpc) is 2.64. The van der Waals surface area contributed by atoms with E-state index in [9.17, 15) is 9.90 Å². The molecule has 0 atom stereocenters. The lowest BCUT2D eigenvalue weighted by Gasteiger charge is -2.31. The zero-order chi connectivity index (χ0) is 14.9. The van der Waals surface area contributed by atoms with Gasteiger partial charge in [0.1, 0.15) is 0 Å². The van der Waals surface area contributed by atoms with Crippen LogP contribution in [0.5, 0.6) is 0 Å². The van der Waals surface area contributed by atoms with Crippen LogP contribution in [-0.4, -0.2) is 16.8 Å². The molecule has 0 aromatic heterocycles. The smallest absolute Gasteiger partial charge is 0.328 e. The van der Waals surface area contributed by atoms with E-state index in [-0.39, 0.29) is 0 Å². The van der Waals surface area contributed by atoms with Gasteiger partial charge in [-0.1, -0.05) is 55.5 Å². The third-order valence-corrected chi connectivity index (χ3v) is 5.46. The molecule has 3 rings (SSSR count). The van der Waals surface area contributed by atoms with Crippen molar-refractivity contribution in [3.8, 4) is 0 Å². The maximum Gasteiger partial charge on any atom is 0.328 e. The van der Waals surface area contributed by atoms with Gasteiger partial charge in [0.05, 0.1) is 0 Å². The van der Waals surface area contributed by atoms with Gasteiger partial charge in [-0.05, 0) is 40.8 Å². The van der Waals surface area contributed by atoms with Gasteiger partial charge < -0.3 is 5.11 Å². The van der Waals surface area contributed by atoms with Crippen LogP contribution in [0.4, 0.5) is 0 Å². The molecule has 0 heterocycles. The van der Waals surface area contributed by atoms with E-state index in [0.29, 0.717) is 0 Å². The molecule has 0 amide bonds. The molecule has 3 heteroatoms. The Bertz CT molecular complexity index is 631. The largest absolute Gasteiger partial charge is 0.480 e. The van der Waals surface area contributed by atoms with Gasteiger partial charge in [-0.2, -0.15) is 0 Å². The number of hydrogen-bond donors (Lipinski definition) is 1. The molecule has 0 unspecified atom stereocenters. The first-order valence-corrected chi connectivity index (χ1v) is 8.23. The maximum atomic E-state index is 12.3. The summed E-state index contributed by atoms with van der Waals surface area (Å²) in [6, 6.07) is 16.0. The Morgan fingerprint density at radius 1 is 1.05 bits per heavy atom. The van der Waals surface area contributed by atoms with Crippen LogP contribution in [0.3, 0.4) is 0 Å². The van der Waals surface area contributed by atoms with Gasteiger partial charge in [-0.15, -0.1) is 11.8 Å². The Morgan fingerprint density at radius 2 is 1.52 bits per heavy atom. The highest BCUT2D eigenvalue weighted by atomic mass is 32.2. The van der Waals surface area contributed by atoms with Gasteiger partial charge in [0, 0.05) is 0 Å². The molecule has 0 saturated carbocycles. The van der Waals surface area contributed by atoms with Gasteiger partial charge in [0.15, 0.2) is 4.75 Å². The van der Waals surface area contributed by atoms with Crippen molar-refractivity contribution in [1.82, 2.24) is 0 Å². The standard InChI is InChI=1S/C18H18O2S/c1-2-21-18(17(19)20)15-9-5-3-7-13(15)11-12-14-8-4-6-10-16(14)18/h3-10H,2,11-12H2,1H3,(H,19,20). The van der Waals surface area contributed by atoms with E-state index in [2.05, 4.69) is 12.1 Å². The minimum atomic E-state index is -0.988. The van der Waals surface area contributed by atoms with Crippen LogP contribution in [0.25, 0.3) is 0 Å². The molecule has 1 aliphatic rings. The lowest BCUT2D eigenvalue weighted by Crippen LogP contribution is -2.35. The monoisotopic (exact) mass is 298 g/mol. The zero-order valence-electron chi connectivity index (χ0n) is 12.0. The van der Waals surface area contributed by atoms with Crippen molar-refractivity contribution >= 4 is 17.7 Å². The third-order valence-electron chi connectivity index (χ3n) is 4.12. The molecule has 0 saturated heterocycles. The molecule has 1 aliphatic carbocycles. The minimum absolute atomic E-state index is 0.759. The van der Waals surface area contributed by atoms with Crippen molar-refractivity contribution in [2.75, 3.05) is 5.75 Å². The number of benzene rings is 2. The summed E-state index contributed by atoms with van der Waals surface area (Å²) in [6.45, 7) is 2.02. The Labute approximate surface area is 129 Å². The number of thioether (sulfide) groups is 1. The molecule has 2 aromatic carbocycles. The summed E-state index contributed by atoms with van der Waals surface area (Å²) in [4.78, 5) is 12.3. The number of rotatable bonds is 3. The molecular weight excluding hydrogens is 280 g/mol. The summed E-state index contributed by atoms with van der Waals surface area (Å²) in [6.07, 6.45) is 1.79. The highest BCUT2D eigenvalue weighted by molar-refractivity contribution is 8.01. The third kappa shape index (κ3) is 2.16. The quantitative estimate of drug-likeness (QED) is 0.934. The van der Waals surface area contributed by atoms with Gasteiger partial charge in [-0.3, -0.25) is 0 Å². The van der Waals surface area contributed by atoms with Crippen LogP contribution >= 0.6 is 11.8 Å². The van der Waals surface area contributed by atoms with Crippen LogP contribution in [0.2, 0.25) is 0 Å². The van der Waals surface area contributed by atoms with E-state index in [0.717, 1.165) is 40.8 Å². The van der Waals surface area contributed by atoms with Crippen LogP contribution in [0, 0.1) is 0 Å². The van der Waals surface area contributed by atoms with Crippen molar-refractivity contribution in [2.45, 2.75) is 24.5 Å². The lowest BCUT2D eigenvalue weighted by atomic mass is 9.87. The average molecular weight is 298 g/mol. The van der Waals surface area contributed by atoms with Gasteiger partial charge >= 0.3 is 5.97 Å². The topological polar surface area (TPSA) is 37.3 Å². The second-order valence-electron chi connectivity index (χ2n) is 5.23. The summed E-state index contributed by atoms with van der Waals surface area (Å²) < 4.78 is -0.988. The number of carboxylic acid groups (broad SMARTS) is 1. The molecule has 2 nitrogen and oxygen atoms in total. The number of hydrogen-bond acceptors (Lipinski definition) is 2. The maximum absolute atomic E-state index is 12.3. The fraction of sp³-hybridized carbons (Fsp3) is 0.278. The summed E-state index contributed by atoms with van der Waals surface area (Å²) >= 11 is 1.51. The number of carbonyl (C=O) groups is 1. The van der Waals surface area contributed by atoms with Crippen molar-refractivity contribution < 1.29 is 9.90 Å². The second-order valence-corrected chi connectivity index (χ2v) is 6.71. The van der Waals surface area contributed by atoms with Crippen LogP contribution < -0.4 is 0 Å². The van der Waals surface area contributed by atoms with Crippen molar-refractivity contribution in [1.29, 1.82) is 0 Å². The summed E-state index contributed by atoms with van der Waals surface area (Å²) in [5, 5.41) is 10.1. The molecule has 0 fully saturated rings. The summed E-state index contributed by atoms with van der Waals surface area (Å²) in [7, 11) is 0. The van der Waals surface area contributed by atoms with Crippen LogP contribution in [0.1, 0.15) is 29.2 Å². The number of aryl methyl sites for hydroxylation is 2. The summed E-state index contributed by atoms with van der Waals surface area (Å²) in [5.74, 6) is -0.00856. The predicted molar refractivity (Wildman–Crippen MR) is 86.8 cm³/mol. The molecule has 0 radical (unpaired) electrons. The van der Waals surface area contributed by atoms with E-state index in [1.54, 1.807) is 0 Å². The zero-order valence-corrected chi connectivity index (χ0v) is 12.8. The first-order valence-electron chi connectivity index (χ1n) is 7.24. The normalized spacial score (nSPS) is 15.7. The van der Waals surface area contributed by atoms with Gasteiger partial charge in [0.25, 0.3) is 0 Å². The van der Waals surface area contributed by atoms with Crippen LogP contribution in [-0.2, 0) is 22.4 Å². The molecular formula is C18H18O2S. The Kier molecular flexibility index (Phi) is 3.77. The highest BCUT2D eigenvalue weighted by Crippen LogP contribution is 2.47. The first-order chi connectivity index (χ1) is 10.2. The van der Waals surface area contributed by atoms with Crippen molar-refractivity contribution in [3.63, 3.8) is 0 Å². The Balaban J connectivity index is 2.36. The van der Waals surface area contributed by atoms with E-state index in [1.165, 1.54) is 11.8 Å². The second kappa shape index (κ2) is 5.57. The molecule has 2 aromatic rings. The first kappa shape index (κ1) is 14.2. The highest BCUT2D eigenvalue weighted by Gasteiger charge is 2.46. The molecule has 0 spiro atoms. The predicted octanol–water partition coefficient (Wildman–Crippen LogP) is 3.87. The van der Waals surface area contributed by atoms with Crippen molar-refractivity contribution in [2.24, 2.45) is 0 Å². The molecule has 0 bridgehead atoms. The molecule has 108 valence electrons. The number of fused-ring (bicyclic) bond motifs is 2. The number of carboxylic acids is 1. The van der Waals surface area contributed by atoms with E-state index in [4.69, 9.17) is 0 Å². The van der Waals surface area contributed by atoms with Crippen LogP contribution in [0.15, 0.2) is 48.5 Å². The molecule has 1 N–H and O–H groups in total. The van der Waals surface area contributed by atoms with Crippen molar-refractivity contribution in [3.05, 3.63) is 70.8 Å². The molecule has 21 heavy (non-hydrogen) atoms. The van der Waals surface area contributed by atoms with E-state index < -0.39 is 10.7 Å². The summed E-state index contributed by atoms with van der Waals surface area (Å²) in [5.41, 5.74) is 4.18. The fourth-order valence-electron chi connectivity index (χ4n) is 3.24.